The van der Waals surface area contributed by atoms with Crippen molar-refractivity contribution >= 4 is 29.3 Å². The second kappa shape index (κ2) is 7.84. The van der Waals surface area contributed by atoms with E-state index in [2.05, 4.69) is 40.3 Å². The topological polar surface area (TPSA) is 123 Å². The Morgan fingerprint density at radius 1 is 1.25 bits per heavy atom. The Bertz CT molecular complexity index is 1500. The molecule has 1 saturated carbocycles. The zero-order chi connectivity index (χ0) is 22.2. The number of nitrogens with one attached hydrogen (secondary N) is 3. The molecule has 0 aliphatic heterocycles. The monoisotopic (exact) mass is 429 g/mol. The Kier molecular flexibility index (Phi) is 4.85. The van der Waals surface area contributed by atoms with E-state index in [9.17, 15) is 9.90 Å². The molecule has 32 heavy (non-hydrogen) atoms. The summed E-state index contributed by atoms with van der Waals surface area (Å²) in [6.45, 7) is 4.14. The summed E-state index contributed by atoms with van der Waals surface area (Å²) in [4.78, 5) is 25.8. The molecule has 1 aliphatic rings. The molecule has 9 nitrogen and oxygen atoms in total. The fraction of sp³-hybridized carbons (Fsp3) is 0.217. The molecule has 0 spiro atoms. The quantitative estimate of drug-likeness (QED) is 0.387. The summed E-state index contributed by atoms with van der Waals surface area (Å²) in [5.41, 5.74) is 4.33. The predicted molar refractivity (Wildman–Crippen MR) is 122 cm³/mol. The third-order valence-electron chi connectivity index (χ3n) is 5.02. The zero-order valence-corrected chi connectivity index (χ0v) is 17.8. The molecule has 4 N–H and O–H groups in total. The maximum Gasteiger partial charge on any atom is 0.326 e. The van der Waals surface area contributed by atoms with Crippen LogP contribution in [0, 0.1) is 0 Å². The molecule has 0 amide bonds. The van der Waals surface area contributed by atoms with E-state index in [4.69, 9.17) is 9.98 Å². The van der Waals surface area contributed by atoms with Crippen LogP contribution in [0.3, 0.4) is 0 Å². The highest BCUT2D eigenvalue weighted by Crippen LogP contribution is 2.23. The first-order valence-corrected chi connectivity index (χ1v) is 10.4. The summed E-state index contributed by atoms with van der Waals surface area (Å²) in [5.74, 6) is 0.400. The molecule has 1 fully saturated rings. The molecular formula is C23H23N7O2. The molecule has 3 heterocycles. The number of imidazole rings is 1. The van der Waals surface area contributed by atoms with Crippen molar-refractivity contribution < 1.29 is 5.11 Å². The van der Waals surface area contributed by atoms with E-state index in [1.54, 1.807) is 16.8 Å². The number of allylic oxidation sites excluding steroid dienone is 1. The van der Waals surface area contributed by atoms with Crippen LogP contribution in [-0.2, 0) is 0 Å². The van der Waals surface area contributed by atoms with Gasteiger partial charge in [0, 0.05) is 17.0 Å². The molecule has 9 heteroatoms. The number of hydrogen-bond acceptors (Lipinski definition) is 6. The van der Waals surface area contributed by atoms with Gasteiger partial charge >= 0.3 is 5.69 Å². The van der Waals surface area contributed by atoms with Crippen molar-refractivity contribution in [2.75, 3.05) is 5.32 Å². The predicted octanol–water partition coefficient (Wildman–Crippen LogP) is 2.23. The third kappa shape index (κ3) is 4.18. The van der Waals surface area contributed by atoms with Crippen LogP contribution in [-0.4, -0.2) is 35.7 Å². The Labute approximate surface area is 182 Å². The van der Waals surface area contributed by atoms with E-state index in [1.807, 2.05) is 30.3 Å². The highest BCUT2D eigenvalue weighted by atomic mass is 16.3. The minimum absolute atomic E-state index is 0.233. The lowest BCUT2D eigenvalue weighted by Gasteiger charge is -2.07. The molecule has 3 aromatic heterocycles. The van der Waals surface area contributed by atoms with Crippen molar-refractivity contribution in [1.29, 1.82) is 0 Å². The summed E-state index contributed by atoms with van der Waals surface area (Å²) < 4.78 is 1.68. The number of rotatable bonds is 5. The molecule has 0 saturated heterocycles. The van der Waals surface area contributed by atoms with Crippen LogP contribution >= 0.6 is 0 Å². The van der Waals surface area contributed by atoms with Crippen LogP contribution in [0.15, 0.2) is 51.9 Å². The van der Waals surface area contributed by atoms with E-state index in [0.29, 0.717) is 28.2 Å². The smallest absolute Gasteiger partial charge is 0.326 e. The van der Waals surface area contributed by atoms with Gasteiger partial charge in [-0.1, -0.05) is 23.8 Å². The minimum atomic E-state index is -0.485. The summed E-state index contributed by atoms with van der Waals surface area (Å²) in [5, 5.41) is 18.3. The normalized spacial score (nSPS) is 14.8. The van der Waals surface area contributed by atoms with E-state index >= 15 is 0 Å². The Hall–Kier alpha value is -4.14. The average Bonchev–Trinajstić information content (AvgIpc) is 3.38. The summed E-state index contributed by atoms with van der Waals surface area (Å²) in [6, 6.07) is 10.3. The SMILES string of the molecule is CC(C)=Cc1ccc(Nc2cc(=NC3CC3)n3ncc(=Cc4[nH]c(=O)[nH]c4O)c3n2)cc1. The third-order valence-corrected chi connectivity index (χ3v) is 5.02. The lowest BCUT2D eigenvalue weighted by Crippen LogP contribution is -2.19. The van der Waals surface area contributed by atoms with Crippen LogP contribution in [0.4, 0.5) is 11.5 Å². The number of nitrogens with zero attached hydrogens (tertiary/aromatic N) is 4. The lowest BCUT2D eigenvalue weighted by atomic mass is 10.1. The largest absolute Gasteiger partial charge is 0.493 e. The molecule has 162 valence electrons. The molecule has 0 radical (unpaired) electrons. The van der Waals surface area contributed by atoms with Crippen LogP contribution in [0.1, 0.15) is 37.9 Å². The van der Waals surface area contributed by atoms with Crippen LogP contribution < -0.4 is 21.7 Å². The van der Waals surface area contributed by atoms with Gasteiger partial charge in [-0.05, 0) is 50.5 Å². The van der Waals surface area contributed by atoms with Gasteiger partial charge < -0.3 is 15.4 Å². The molecule has 5 rings (SSSR count). The van der Waals surface area contributed by atoms with Gasteiger partial charge in [-0.3, -0.25) is 9.98 Å². The summed E-state index contributed by atoms with van der Waals surface area (Å²) in [7, 11) is 0. The zero-order valence-electron chi connectivity index (χ0n) is 17.8. The minimum Gasteiger partial charge on any atom is -0.493 e. The molecule has 0 atom stereocenters. The van der Waals surface area contributed by atoms with Gasteiger partial charge in [-0.15, -0.1) is 0 Å². The van der Waals surface area contributed by atoms with Crippen molar-refractivity contribution in [3.63, 3.8) is 0 Å². The highest BCUT2D eigenvalue weighted by Gasteiger charge is 2.20. The van der Waals surface area contributed by atoms with E-state index in [0.717, 1.165) is 24.1 Å². The fourth-order valence-electron chi connectivity index (χ4n) is 3.40. The Balaban J connectivity index is 1.59. The van der Waals surface area contributed by atoms with Crippen LogP contribution in [0.2, 0.25) is 0 Å². The van der Waals surface area contributed by atoms with Crippen molar-refractivity contribution in [2.45, 2.75) is 32.7 Å². The number of H-pyrrole nitrogens is 2. The second-order valence-electron chi connectivity index (χ2n) is 8.15. The first kappa shape index (κ1) is 19.8. The van der Waals surface area contributed by atoms with Crippen molar-refractivity contribution in [3.05, 3.63) is 74.5 Å². The van der Waals surface area contributed by atoms with Crippen molar-refractivity contribution in [2.24, 2.45) is 4.99 Å². The van der Waals surface area contributed by atoms with Crippen molar-refractivity contribution in [3.8, 4) is 5.88 Å². The number of aromatic amines is 2. The van der Waals surface area contributed by atoms with E-state index < -0.39 is 5.69 Å². The number of benzene rings is 1. The maximum absolute atomic E-state index is 11.5. The number of aromatic hydroxyl groups is 1. The fourth-order valence-corrected chi connectivity index (χ4v) is 3.40. The van der Waals surface area contributed by atoms with Crippen LogP contribution in [0.25, 0.3) is 17.8 Å². The van der Waals surface area contributed by atoms with Crippen molar-refractivity contribution in [1.82, 2.24) is 24.6 Å². The van der Waals surface area contributed by atoms with Gasteiger partial charge in [-0.25, -0.2) is 9.78 Å². The Morgan fingerprint density at radius 3 is 2.69 bits per heavy atom. The highest BCUT2D eigenvalue weighted by molar-refractivity contribution is 5.63. The molecular weight excluding hydrogens is 406 g/mol. The molecule has 0 unspecified atom stereocenters. The van der Waals surface area contributed by atoms with Gasteiger partial charge in [0.25, 0.3) is 0 Å². The Morgan fingerprint density at radius 2 is 2.03 bits per heavy atom. The molecule has 4 aromatic rings. The number of hydrogen-bond donors (Lipinski definition) is 4. The molecule has 1 aromatic carbocycles. The average molecular weight is 429 g/mol. The summed E-state index contributed by atoms with van der Waals surface area (Å²) >= 11 is 0. The lowest BCUT2D eigenvalue weighted by molar-refractivity contribution is 0.454. The van der Waals surface area contributed by atoms with Gasteiger partial charge in [0.2, 0.25) is 5.88 Å². The molecule has 1 aliphatic carbocycles. The first-order valence-electron chi connectivity index (χ1n) is 10.4. The van der Waals surface area contributed by atoms with E-state index in [-0.39, 0.29) is 11.6 Å². The van der Waals surface area contributed by atoms with Gasteiger partial charge in [0.05, 0.1) is 12.2 Å². The summed E-state index contributed by atoms with van der Waals surface area (Å²) in [6.07, 6.45) is 7.52. The van der Waals surface area contributed by atoms with Gasteiger partial charge in [-0.2, -0.15) is 9.61 Å². The number of fused-ring (bicyclic) bond motifs is 1. The molecule has 0 bridgehead atoms. The first-order chi connectivity index (χ1) is 15.4. The van der Waals surface area contributed by atoms with Gasteiger partial charge in [0.15, 0.2) is 11.1 Å². The van der Waals surface area contributed by atoms with Gasteiger partial charge in [0.1, 0.15) is 11.5 Å². The second-order valence-corrected chi connectivity index (χ2v) is 8.15. The number of aromatic nitrogens is 5. The van der Waals surface area contributed by atoms with E-state index in [1.165, 1.54) is 5.57 Å². The standard InChI is InChI=1S/C23H23N7O2/c1-13(2)9-14-3-5-16(6-4-14)25-19-11-20(26-17-7-8-17)30-21(28-19)15(12-24-30)10-18-22(31)29-23(32)27-18/h3-6,9-12,17,25,31H,7-8H2,1-2H3,(H2,27,29,32). The maximum atomic E-state index is 11.5. The number of anilines is 2. The van der Waals surface area contributed by atoms with Crippen LogP contribution in [0.5, 0.6) is 5.88 Å².